The van der Waals surface area contributed by atoms with E-state index in [1.54, 1.807) is 18.3 Å². The van der Waals surface area contributed by atoms with E-state index in [0.29, 0.717) is 29.0 Å². The summed E-state index contributed by atoms with van der Waals surface area (Å²) in [6.07, 6.45) is 3.24. The van der Waals surface area contributed by atoms with E-state index in [1.807, 2.05) is 0 Å². The Hall–Kier alpha value is -4.19. The fourth-order valence-electron chi connectivity index (χ4n) is 2.71. The highest BCUT2D eigenvalue weighted by Gasteiger charge is 2.15. The largest absolute Gasteiger partial charge is 0.493 e. The maximum atomic E-state index is 11.2. The van der Waals surface area contributed by atoms with Crippen LogP contribution in [0.4, 0.5) is 11.8 Å². The minimum absolute atomic E-state index is 0.0967. The van der Waals surface area contributed by atoms with Crippen LogP contribution in [0.3, 0.4) is 0 Å². The minimum Gasteiger partial charge on any atom is -0.493 e. The molecule has 0 saturated heterocycles. The predicted octanol–water partition coefficient (Wildman–Crippen LogP) is 1.94. The number of nitrogens with two attached hydrogens (primary N) is 2. The van der Waals surface area contributed by atoms with Crippen LogP contribution in [-0.2, 0) is 6.42 Å². The fourth-order valence-corrected chi connectivity index (χ4v) is 2.71. The zero-order chi connectivity index (χ0) is 21.0. The molecule has 0 saturated carbocycles. The molecule has 0 amide bonds. The van der Waals surface area contributed by atoms with Crippen molar-refractivity contribution in [3.63, 3.8) is 0 Å². The molecule has 0 atom stereocenters. The first kappa shape index (κ1) is 19.6. The van der Waals surface area contributed by atoms with Crippen LogP contribution >= 0.6 is 0 Å². The maximum absolute atomic E-state index is 11.2. The van der Waals surface area contributed by atoms with Crippen LogP contribution in [0.1, 0.15) is 32.8 Å². The van der Waals surface area contributed by atoms with Crippen molar-refractivity contribution in [2.24, 2.45) is 0 Å². The average Bonchev–Trinajstić information content (AvgIpc) is 3.17. The quantitative estimate of drug-likeness (QED) is 0.552. The number of nitrogen functional groups attached to an aromatic ring is 2. The second-order valence-corrected chi connectivity index (χ2v) is 5.91. The van der Waals surface area contributed by atoms with Crippen molar-refractivity contribution in [3.05, 3.63) is 58.7 Å². The molecule has 2 aromatic heterocycles. The highest BCUT2D eigenvalue weighted by molar-refractivity contribution is 5.87. The molecule has 0 fully saturated rings. The van der Waals surface area contributed by atoms with Gasteiger partial charge in [-0.2, -0.15) is 4.98 Å². The number of carbonyl (C=O) groups is 1. The molecule has 0 aliphatic heterocycles. The van der Waals surface area contributed by atoms with Crippen molar-refractivity contribution in [2.45, 2.75) is 6.42 Å². The number of furan rings is 1. The number of hydrogen-bond donors (Lipinski definition) is 3. The first-order valence-electron chi connectivity index (χ1n) is 8.37. The molecule has 0 aliphatic rings. The van der Waals surface area contributed by atoms with Gasteiger partial charge >= 0.3 is 5.97 Å². The Balaban J connectivity index is 2.04. The molecule has 2 heterocycles. The second-order valence-electron chi connectivity index (χ2n) is 5.91. The minimum atomic E-state index is -1.20. The van der Waals surface area contributed by atoms with Gasteiger partial charge in [0.25, 0.3) is 0 Å². The van der Waals surface area contributed by atoms with Crippen molar-refractivity contribution in [1.29, 1.82) is 0 Å². The van der Waals surface area contributed by atoms with E-state index in [2.05, 4.69) is 21.8 Å². The summed E-state index contributed by atoms with van der Waals surface area (Å²) in [4.78, 5) is 19.1. The van der Waals surface area contributed by atoms with Crippen LogP contribution < -0.4 is 20.9 Å². The fraction of sp³-hybridized carbons (Fsp3) is 0.150. The summed E-state index contributed by atoms with van der Waals surface area (Å²) >= 11 is 0. The maximum Gasteiger partial charge on any atom is 0.373 e. The number of hydrogen-bond acceptors (Lipinski definition) is 8. The van der Waals surface area contributed by atoms with Gasteiger partial charge < -0.3 is 30.5 Å². The summed E-state index contributed by atoms with van der Waals surface area (Å²) in [6.45, 7) is 0. The Morgan fingerprint density at radius 3 is 2.62 bits per heavy atom. The molecule has 5 N–H and O–H groups in total. The van der Waals surface area contributed by atoms with Gasteiger partial charge in [-0.3, -0.25) is 0 Å². The van der Waals surface area contributed by atoms with Gasteiger partial charge in [-0.15, -0.1) is 0 Å². The lowest BCUT2D eigenvalue weighted by molar-refractivity contribution is 0.0662. The van der Waals surface area contributed by atoms with E-state index in [9.17, 15) is 4.79 Å². The number of aromatic carboxylic acids is 1. The smallest absolute Gasteiger partial charge is 0.373 e. The molecule has 3 aromatic rings. The Bertz CT molecular complexity index is 1130. The third-order valence-electron chi connectivity index (χ3n) is 4.04. The van der Waals surface area contributed by atoms with E-state index in [-0.39, 0.29) is 23.1 Å². The number of carboxylic acid groups (broad SMARTS) is 1. The van der Waals surface area contributed by atoms with Crippen molar-refractivity contribution < 1.29 is 23.8 Å². The van der Waals surface area contributed by atoms with Crippen LogP contribution in [0.2, 0.25) is 0 Å². The molecular weight excluding hydrogens is 376 g/mol. The molecule has 0 unspecified atom stereocenters. The zero-order valence-electron chi connectivity index (χ0n) is 15.7. The van der Waals surface area contributed by atoms with Crippen LogP contribution in [0.5, 0.6) is 11.5 Å². The summed E-state index contributed by atoms with van der Waals surface area (Å²) in [5.41, 5.74) is 13.7. The van der Waals surface area contributed by atoms with E-state index in [1.165, 1.54) is 26.5 Å². The number of rotatable bonds is 5. The topological polar surface area (TPSA) is 147 Å². The third-order valence-corrected chi connectivity index (χ3v) is 4.04. The molecule has 1 aromatic carbocycles. The Morgan fingerprint density at radius 1 is 1.21 bits per heavy atom. The zero-order valence-corrected chi connectivity index (χ0v) is 15.7. The molecule has 3 rings (SSSR count). The molecule has 0 bridgehead atoms. The number of anilines is 2. The van der Waals surface area contributed by atoms with Crippen LogP contribution in [-0.4, -0.2) is 35.3 Å². The number of carboxylic acids is 1. The summed E-state index contributed by atoms with van der Waals surface area (Å²) in [5, 5.41) is 9.15. The van der Waals surface area contributed by atoms with E-state index in [0.717, 1.165) is 5.56 Å². The average molecular weight is 394 g/mol. The standard InChI is InChI=1S/C20H18N4O5/c1-27-15-9-11(8-14-10-23-20(22)24-18(14)21)7-13(16(15)28-2)4-3-12-5-6-29-17(12)19(25)26/h5-7,9-10H,8H2,1-2H3,(H,25,26)(H4,21,22,23,24). The van der Waals surface area contributed by atoms with Gasteiger partial charge in [0.1, 0.15) is 5.82 Å². The van der Waals surface area contributed by atoms with Crippen molar-refractivity contribution in [2.75, 3.05) is 25.7 Å². The predicted molar refractivity (Wildman–Crippen MR) is 105 cm³/mol. The Kier molecular flexibility index (Phi) is 5.55. The highest BCUT2D eigenvalue weighted by Crippen LogP contribution is 2.33. The van der Waals surface area contributed by atoms with Gasteiger partial charge in [0.2, 0.25) is 11.7 Å². The molecule has 9 heteroatoms. The molecule has 148 valence electrons. The summed E-state index contributed by atoms with van der Waals surface area (Å²) in [5.74, 6) is 5.57. The number of ether oxygens (including phenoxy) is 2. The highest BCUT2D eigenvalue weighted by atomic mass is 16.5. The molecule has 0 aliphatic carbocycles. The lowest BCUT2D eigenvalue weighted by atomic mass is 10.0. The molecule has 0 radical (unpaired) electrons. The SMILES string of the molecule is COc1cc(Cc2cnc(N)nc2N)cc(C#Cc2ccoc2C(=O)O)c1OC. The number of nitrogens with zero attached hydrogens (tertiary/aromatic N) is 2. The van der Waals surface area contributed by atoms with Gasteiger partial charge in [0, 0.05) is 18.2 Å². The van der Waals surface area contributed by atoms with Gasteiger partial charge in [-0.05, 0) is 23.8 Å². The Morgan fingerprint density at radius 2 is 1.97 bits per heavy atom. The van der Waals surface area contributed by atoms with E-state index < -0.39 is 5.97 Å². The van der Waals surface area contributed by atoms with Crippen molar-refractivity contribution in [1.82, 2.24) is 9.97 Å². The van der Waals surface area contributed by atoms with Gasteiger partial charge in [-0.1, -0.05) is 11.8 Å². The van der Waals surface area contributed by atoms with Crippen molar-refractivity contribution in [3.8, 4) is 23.3 Å². The molecule has 0 spiro atoms. The first-order chi connectivity index (χ1) is 13.9. The van der Waals surface area contributed by atoms with Crippen LogP contribution in [0.25, 0.3) is 0 Å². The number of aromatic nitrogens is 2. The first-order valence-corrected chi connectivity index (χ1v) is 8.37. The number of methoxy groups -OCH3 is 2. The molecule has 9 nitrogen and oxygen atoms in total. The summed E-state index contributed by atoms with van der Waals surface area (Å²) in [6, 6.07) is 5.07. The third kappa shape index (κ3) is 4.22. The van der Waals surface area contributed by atoms with Gasteiger partial charge in [0.15, 0.2) is 11.5 Å². The van der Waals surface area contributed by atoms with Crippen LogP contribution in [0.15, 0.2) is 35.1 Å². The normalized spacial score (nSPS) is 10.1. The lowest BCUT2D eigenvalue weighted by Crippen LogP contribution is -2.04. The summed E-state index contributed by atoms with van der Waals surface area (Å²) in [7, 11) is 3.01. The van der Waals surface area contributed by atoms with Crippen molar-refractivity contribution >= 4 is 17.7 Å². The molecular formula is C20H18N4O5. The number of benzene rings is 1. The van der Waals surface area contributed by atoms with Crippen LogP contribution in [0, 0.1) is 11.8 Å². The van der Waals surface area contributed by atoms with E-state index >= 15 is 0 Å². The Labute approximate surface area is 166 Å². The van der Waals surface area contributed by atoms with E-state index in [4.69, 9.17) is 30.5 Å². The monoisotopic (exact) mass is 394 g/mol. The molecule has 29 heavy (non-hydrogen) atoms. The lowest BCUT2D eigenvalue weighted by Gasteiger charge is -2.13. The second kappa shape index (κ2) is 8.22. The van der Waals surface area contributed by atoms with Gasteiger partial charge in [0.05, 0.1) is 31.6 Å². The summed E-state index contributed by atoms with van der Waals surface area (Å²) < 4.78 is 15.8. The van der Waals surface area contributed by atoms with Gasteiger partial charge in [-0.25, -0.2) is 9.78 Å².